The number of aromatic amines is 1. The summed E-state index contributed by atoms with van der Waals surface area (Å²) in [4.78, 5) is 16.6. The Hall–Kier alpha value is -2.67. The number of aromatic nitrogens is 3. The van der Waals surface area contributed by atoms with Gasteiger partial charge < -0.3 is 5.32 Å². The summed E-state index contributed by atoms with van der Waals surface area (Å²) in [6.45, 7) is 3.97. The lowest BCUT2D eigenvalue weighted by molar-refractivity contribution is -0.119. The second kappa shape index (κ2) is 8.81. The van der Waals surface area contributed by atoms with Crippen molar-refractivity contribution >= 4 is 17.7 Å². The van der Waals surface area contributed by atoms with Gasteiger partial charge in [0.25, 0.3) is 0 Å². The number of hydrogen-bond donors (Lipinski definition) is 2. The highest BCUT2D eigenvalue weighted by Gasteiger charge is 2.12. The third-order valence-electron chi connectivity index (χ3n) is 4.18. The first kappa shape index (κ1) is 19.1. The van der Waals surface area contributed by atoms with Crippen LogP contribution in [0.25, 0.3) is 11.4 Å². The standard InChI is InChI=1S/C20H21FN4OS/c1-3-14-4-6-16(7-5-14)19-23-20(25-24-19)27-12-18(26)22-13(2)15-8-10-17(21)11-9-15/h4-11,13H,3,12H2,1-2H3,(H,22,26)(H,23,24,25)/t13-/m1/s1. The fourth-order valence-corrected chi connectivity index (χ4v) is 3.20. The maximum Gasteiger partial charge on any atom is 0.230 e. The van der Waals surface area contributed by atoms with E-state index in [0.29, 0.717) is 11.0 Å². The van der Waals surface area contributed by atoms with Crippen molar-refractivity contribution in [2.75, 3.05) is 5.75 Å². The van der Waals surface area contributed by atoms with Crippen LogP contribution in [0, 0.1) is 5.82 Å². The van der Waals surface area contributed by atoms with E-state index in [4.69, 9.17) is 0 Å². The molecule has 0 spiro atoms. The molecule has 2 N–H and O–H groups in total. The number of carbonyl (C=O) groups is 1. The fraction of sp³-hybridized carbons (Fsp3) is 0.250. The molecule has 0 bridgehead atoms. The second-order valence-electron chi connectivity index (χ2n) is 6.15. The molecule has 140 valence electrons. The topological polar surface area (TPSA) is 70.7 Å². The Morgan fingerprint density at radius 3 is 2.56 bits per heavy atom. The van der Waals surface area contributed by atoms with E-state index in [-0.39, 0.29) is 23.5 Å². The summed E-state index contributed by atoms with van der Waals surface area (Å²) < 4.78 is 13.0. The summed E-state index contributed by atoms with van der Waals surface area (Å²) in [5, 5.41) is 10.5. The van der Waals surface area contributed by atoms with Crippen LogP contribution in [0.4, 0.5) is 4.39 Å². The minimum atomic E-state index is -0.294. The molecule has 1 atom stereocenters. The molecule has 0 saturated carbocycles. The van der Waals surface area contributed by atoms with Gasteiger partial charge in [-0.2, -0.15) is 0 Å². The lowest BCUT2D eigenvalue weighted by Gasteiger charge is -2.13. The maximum atomic E-state index is 13.0. The molecule has 0 aliphatic heterocycles. The Kier molecular flexibility index (Phi) is 6.24. The van der Waals surface area contributed by atoms with Crippen LogP contribution in [-0.2, 0) is 11.2 Å². The highest BCUT2D eigenvalue weighted by atomic mass is 32.2. The normalized spacial score (nSPS) is 12.0. The first-order valence-corrected chi connectivity index (χ1v) is 9.73. The molecule has 1 aromatic heterocycles. The summed E-state index contributed by atoms with van der Waals surface area (Å²) in [6.07, 6.45) is 0.989. The molecular weight excluding hydrogens is 363 g/mol. The smallest absolute Gasteiger partial charge is 0.230 e. The molecule has 1 amide bonds. The van der Waals surface area contributed by atoms with Crippen molar-refractivity contribution in [3.8, 4) is 11.4 Å². The molecule has 0 radical (unpaired) electrons. The highest BCUT2D eigenvalue weighted by Crippen LogP contribution is 2.20. The lowest BCUT2D eigenvalue weighted by atomic mass is 10.1. The van der Waals surface area contributed by atoms with Crippen molar-refractivity contribution in [1.82, 2.24) is 20.5 Å². The van der Waals surface area contributed by atoms with Crippen LogP contribution >= 0.6 is 11.8 Å². The van der Waals surface area contributed by atoms with Crippen LogP contribution in [-0.4, -0.2) is 26.8 Å². The molecule has 0 saturated heterocycles. The average Bonchev–Trinajstić information content (AvgIpc) is 3.16. The maximum absolute atomic E-state index is 13.0. The van der Waals surface area contributed by atoms with Crippen molar-refractivity contribution in [2.24, 2.45) is 0 Å². The number of aryl methyl sites for hydroxylation is 1. The monoisotopic (exact) mass is 384 g/mol. The first-order chi connectivity index (χ1) is 13.0. The predicted octanol–water partition coefficient (Wildman–Crippen LogP) is 4.14. The van der Waals surface area contributed by atoms with Gasteiger partial charge in [-0.3, -0.25) is 9.89 Å². The Morgan fingerprint density at radius 2 is 1.89 bits per heavy atom. The van der Waals surface area contributed by atoms with E-state index in [1.165, 1.54) is 29.5 Å². The number of benzene rings is 2. The van der Waals surface area contributed by atoms with Gasteiger partial charge in [0.2, 0.25) is 11.1 Å². The zero-order valence-corrected chi connectivity index (χ0v) is 16.0. The molecule has 27 heavy (non-hydrogen) atoms. The summed E-state index contributed by atoms with van der Waals surface area (Å²) in [5.41, 5.74) is 3.08. The van der Waals surface area contributed by atoms with Gasteiger partial charge in [0.1, 0.15) is 5.82 Å². The van der Waals surface area contributed by atoms with Crippen LogP contribution < -0.4 is 5.32 Å². The number of H-pyrrole nitrogens is 1. The van der Waals surface area contributed by atoms with Gasteiger partial charge in [-0.1, -0.05) is 55.1 Å². The Labute approximate surface area is 161 Å². The van der Waals surface area contributed by atoms with Crippen LogP contribution in [0.2, 0.25) is 0 Å². The van der Waals surface area contributed by atoms with Crippen molar-refractivity contribution in [1.29, 1.82) is 0 Å². The molecule has 2 aromatic carbocycles. The molecule has 0 aliphatic carbocycles. The molecule has 7 heteroatoms. The summed E-state index contributed by atoms with van der Waals surface area (Å²) in [6, 6.07) is 14.0. The third kappa shape index (κ3) is 5.17. The lowest BCUT2D eigenvalue weighted by Crippen LogP contribution is -2.28. The predicted molar refractivity (Wildman–Crippen MR) is 105 cm³/mol. The molecule has 0 unspecified atom stereocenters. The SMILES string of the molecule is CCc1ccc(-c2nc(SCC(=O)N[C@H](C)c3ccc(F)cc3)n[nH]2)cc1. The number of hydrogen-bond acceptors (Lipinski definition) is 4. The quantitative estimate of drug-likeness (QED) is 0.601. The Balaban J connectivity index is 1.53. The van der Waals surface area contributed by atoms with E-state index in [1.54, 1.807) is 12.1 Å². The van der Waals surface area contributed by atoms with E-state index >= 15 is 0 Å². The zero-order valence-electron chi connectivity index (χ0n) is 15.2. The van der Waals surface area contributed by atoms with Gasteiger partial charge in [0.05, 0.1) is 11.8 Å². The van der Waals surface area contributed by atoms with Gasteiger partial charge in [-0.05, 0) is 36.6 Å². The minimum Gasteiger partial charge on any atom is -0.349 e. The molecule has 0 fully saturated rings. The number of carbonyl (C=O) groups excluding carboxylic acids is 1. The number of thioether (sulfide) groups is 1. The molecule has 1 heterocycles. The van der Waals surface area contributed by atoms with Crippen molar-refractivity contribution < 1.29 is 9.18 Å². The van der Waals surface area contributed by atoms with Crippen LogP contribution in [0.1, 0.15) is 31.0 Å². The van der Waals surface area contributed by atoms with Crippen molar-refractivity contribution in [3.05, 3.63) is 65.5 Å². The van der Waals surface area contributed by atoms with Gasteiger partial charge >= 0.3 is 0 Å². The van der Waals surface area contributed by atoms with Crippen LogP contribution in [0.5, 0.6) is 0 Å². The van der Waals surface area contributed by atoms with Crippen LogP contribution in [0.15, 0.2) is 53.7 Å². The van der Waals surface area contributed by atoms with E-state index < -0.39 is 0 Å². The Morgan fingerprint density at radius 1 is 1.19 bits per heavy atom. The van der Waals surface area contributed by atoms with Gasteiger partial charge in [-0.25, -0.2) is 9.37 Å². The largest absolute Gasteiger partial charge is 0.349 e. The van der Waals surface area contributed by atoms with E-state index in [9.17, 15) is 9.18 Å². The average molecular weight is 384 g/mol. The first-order valence-electron chi connectivity index (χ1n) is 8.74. The minimum absolute atomic E-state index is 0.129. The van der Waals surface area contributed by atoms with Crippen LogP contribution in [0.3, 0.4) is 0 Å². The molecule has 0 aliphatic rings. The molecule has 5 nitrogen and oxygen atoms in total. The Bertz CT molecular complexity index is 893. The van der Waals surface area contributed by atoms with Gasteiger partial charge in [-0.15, -0.1) is 5.10 Å². The van der Waals surface area contributed by atoms with E-state index in [0.717, 1.165) is 17.5 Å². The van der Waals surface area contributed by atoms with Crippen molar-refractivity contribution in [3.63, 3.8) is 0 Å². The van der Waals surface area contributed by atoms with E-state index in [1.807, 2.05) is 19.1 Å². The van der Waals surface area contributed by atoms with E-state index in [2.05, 4.69) is 39.6 Å². The number of rotatable bonds is 7. The highest BCUT2D eigenvalue weighted by molar-refractivity contribution is 7.99. The second-order valence-corrected chi connectivity index (χ2v) is 7.09. The van der Waals surface area contributed by atoms with Crippen molar-refractivity contribution in [2.45, 2.75) is 31.5 Å². The van der Waals surface area contributed by atoms with Gasteiger partial charge in [0.15, 0.2) is 5.82 Å². The number of amides is 1. The van der Waals surface area contributed by atoms with Gasteiger partial charge in [0, 0.05) is 5.56 Å². The number of nitrogens with one attached hydrogen (secondary N) is 2. The molecule has 3 rings (SSSR count). The number of halogens is 1. The molecular formula is C20H21FN4OS. The molecule has 3 aromatic rings. The number of nitrogens with zero attached hydrogens (tertiary/aromatic N) is 2. The zero-order chi connectivity index (χ0) is 19.2. The fourth-order valence-electron chi connectivity index (χ4n) is 2.59. The summed E-state index contributed by atoms with van der Waals surface area (Å²) >= 11 is 1.27. The summed E-state index contributed by atoms with van der Waals surface area (Å²) in [7, 11) is 0. The summed E-state index contributed by atoms with van der Waals surface area (Å²) in [5.74, 6) is 0.464. The third-order valence-corrected chi connectivity index (χ3v) is 5.03.